The predicted octanol–water partition coefficient (Wildman–Crippen LogP) is 2.02. The Morgan fingerprint density at radius 3 is 2.67 bits per heavy atom. The zero-order chi connectivity index (χ0) is 7.28. The fourth-order valence-electron chi connectivity index (χ4n) is 0.484. The third-order valence-electron chi connectivity index (χ3n) is 1.11. The van der Waals surface area contributed by atoms with Gasteiger partial charge in [0.05, 0.1) is 0 Å². The van der Waals surface area contributed by atoms with E-state index in [0.717, 1.165) is 12.8 Å². The summed E-state index contributed by atoms with van der Waals surface area (Å²) in [6, 6.07) is 0. The summed E-state index contributed by atoms with van der Waals surface area (Å²) in [5.41, 5.74) is 0. The van der Waals surface area contributed by atoms with Crippen LogP contribution in [-0.4, -0.2) is 15.9 Å². The Morgan fingerprint density at radius 2 is 2.33 bits per heavy atom. The summed E-state index contributed by atoms with van der Waals surface area (Å²) >= 11 is 3.34. The number of hydrogen-bond donors (Lipinski definition) is 1. The van der Waals surface area contributed by atoms with E-state index in [1.165, 1.54) is 0 Å². The molecule has 1 N–H and O–H groups in total. The number of rotatable bonds is 4. The molecule has 0 aliphatic rings. The van der Waals surface area contributed by atoms with Gasteiger partial charge in [-0.05, 0) is 12.8 Å². The second-order valence-corrected chi connectivity index (χ2v) is 3.23. The van der Waals surface area contributed by atoms with Crippen molar-refractivity contribution in [2.45, 2.75) is 31.0 Å². The minimum Gasteiger partial charge on any atom is -0.481 e. The molecule has 0 amide bonds. The van der Waals surface area contributed by atoms with Gasteiger partial charge in [0.1, 0.15) is 0 Å². The van der Waals surface area contributed by atoms with Crippen LogP contribution >= 0.6 is 15.9 Å². The summed E-state index contributed by atoms with van der Waals surface area (Å²) in [6.45, 7) is 2.03. The molecule has 1 atom stereocenters. The number of aliphatic carboxylic acids is 1. The van der Waals surface area contributed by atoms with Crippen LogP contribution in [0.3, 0.4) is 0 Å². The molecule has 1 unspecified atom stereocenters. The maximum absolute atomic E-state index is 10.00. The largest absolute Gasteiger partial charge is 0.481 e. The highest BCUT2D eigenvalue weighted by Crippen LogP contribution is 2.10. The summed E-state index contributed by atoms with van der Waals surface area (Å²) in [5, 5.41) is 8.24. The smallest absolute Gasteiger partial charge is 0.303 e. The van der Waals surface area contributed by atoms with Crippen LogP contribution in [0.25, 0.3) is 0 Å². The Kier molecular flexibility index (Phi) is 4.77. The van der Waals surface area contributed by atoms with E-state index in [9.17, 15) is 4.79 Å². The van der Waals surface area contributed by atoms with Crippen molar-refractivity contribution in [1.29, 1.82) is 0 Å². The predicted molar refractivity (Wildman–Crippen MR) is 39.9 cm³/mol. The highest BCUT2D eigenvalue weighted by molar-refractivity contribution is 9.09. The molecular formula is C6H11BrO2. The molecule has 0 bridgehead atoms. The Labute approximate surface area is 63.4 Å². The third kappa shape index (κ3) is 5.83. The molecule has 0 radical (unpaired) electrons. The minimum absolute atomic E-state index is 0.268. The third-order valence-corrected chi connectivity index (χ3v) is 2.22. The Bertz CT molecular complexity index is 93.1. The van der Waals surface area contributed by atoms with Crippen molar-refractivity contribution >= 4 is 21.9 Å². The van der Waals surface area contributed by atoms with E-state index in [1.54, 1.807) is 0 Å². The first-order valence-corrected chi connectivity index (χ1v) is 3.94. The zero-order valence-corrected chi connectivity index (χ0v) is 7.02. The lowest BCUT2D eigenvalue weighted by Gasteiger charge is -2.01. The van der Waals surface area contributed by atoms with Crippen molar-refractivity contribution in [3.8, 4) is 0 Å². The lowest BCUT2D eigenvalue weighted by Crippen LogP contribution is -2.01. The van der Waals surface area contributed by atoms with Gasteiger partial charge in [0.25, 0.3) is 0 Å². The van der Waals surface area contributed by atoms with Gasteiger partial charge in [-0.1, -0.05) is 22.9 Å². The van der Waals surface area contributed by atoms with Crippen molar-refractivity contribution in [2.75, 3.05) is 0 Å². The molecule has 0 aromatic rings. The van der Waals surface area contributed by atoms with E-state index >= 15 is 0 Å². The van der Waals surface area contributed by atoms with E-state index in [0.29, 0.717) is 4.83 Å². The van der Waals surface area contributed by atoms with Gasteiger partial charge >= 0.3 is 5.97 Å². The fourth-order valence-corrected chi connectivity index (χ4v) is 0.713. The first-order valence-electron chi connectivity index (χ1n) is 3.02. The van der Waals surface area contributed by atoms with Gasteiger partial charge in [-0.3, -0.25) is 4.79 Å². The van der Waals surface area contributed by atoms with Gasteiger partial charge in [0.15, 0.2) is 0 Å². The lowest BCUT2D eigenvalue weighted by atomic mass is 10.2. The maximum atomic E-state index is 10.00. The first-order chi connectivity index (χ1) is 4.16. The Morgan fingerprint density at radius 1 is 1.78 bits per heavy atom. The number of carboxylic acids is 1. The maximum Gasteiger partial charge on any atom is 0.303 e. The average molecular weight is 195 g/mol. The molecule has 0 rings (SSSR count). The van der Waals surface area contributed by atoms with Crippen LogP contribution in [0, 0.1) is 0 Å². The summed E-state index contributed by atoms with van der Waals surface area (Å²) in [6.07, 6.45) is 1.99. The molecule has 0 aliphatic heterocycles. The average Bonchev–Trinajstić information content (AvgIpc) is 1.83. The van der Waals surface area contributed by atoms with E-state index in [2.05, 4.69) is 15.9 Å². The van der Waals surface area contributed by atoms with Gasteiger partial charge in [-0.2, -0.15) is 0 Å². The second-order valence-electron chi connectivity index (χ2n) is 1.94. The van der Waals surface area contributed by atoms with Crippen LogP contribution in [0.1, 0.15) is 26.2 Å². The number of carboxylic acid groups (broad SMARTS) is 1. The normalized spacial score (nSPS) is 13.1. The van der Waals surface area contributed by atoms with E-state index in [4.69, 9.17) is 5.11 Å². The van der Waals surface area contributed by atoms with Crippen LogP contribution in [0.4, 0.5) is 0 Å². The van der Waals surface area contributed by atoms with Crippen LogP contribution in [-0.2, 0) is 4.79 Å². The summed E-state index contributed by atoms with van der Waals surface area (Å²) < 4.78 is 0. The van der Waals surface area contributed by atoms with Crippen LogP contribution in [0.15, 0.2) is 0 Å². The van der Waals surface area contributed by atoms with E-state index in [-0.39, 0.29) is 6.42 Å². The Balaban J connectivity index is 3.16. The summed E-state index contributed by atoms with van der Waals surface area (Å²) in [4.78, 5) is 10.4. The summed E-state index contributed by atoms with van der Waals surface area (Å²) in [5.74, 6) is -0.715. The van der Waals surface area contributed by atoms with Crippen molar-refractivity contribution in [3.05, 3.63) is 0 Å². The van der Waals surface area contributed by atoms with Gasteiger partial charge < -0.3 is 5.11 Å². The van der Waals surface area contributed by atoms with Gasteiger partial charge in [-0.25, -0.2) is 0 Å². The number of halogens is 1. The molecule has 54 valence electrons. The van der Waals surface area contributed by atoms with Crippen molar-refractivity contribution < 1.29 is 9.90 Å². The minimum atomic E-state index is -0.715. The van der Waals surface area contributed by atoms with Crippen molar-refractivity contribution in [3.63, 3.8) is 0 Å². The first kappa shape index (κ1) is 8.95. The standard InChI is InChI=1S/C6H11BrO2/c1-2-5(7)3-4-6(8)9/h5H,2-4H2,1H3,(H,8,9). The quantitative estimate of drug-likeness (QED) is 0.696. The molecule has 0 saturated carbocycles. The molecule has 3 heteroatoms. The van der Waals surface area contributed by atoms with E-state index in [1.807, 2.05) is 6.92 Å². The molecule has 2 nitrogen and oxygen atoms in total. The topological polar surface area (TPSA) is 37.3 Å². The van der Waals surface area contributed by atoms with Gasteiger partial charge in [-0.15, -0.1) is 0 Å². The molecule has 9 heavy (non-hydrogen) atoms. The molecule has 0 saturated heterocycles. The van der Waals surface area contributed by atoms with Gasteiger partial charge in [0.2, 0.25) is 0 Å². The number of carbonyl (C=O) groups is 1. The number of hydrogen-bond acceptors (Lipinski definition) is 1. The molecule has 0 aliphatic carbocycles. The van der Waals surface area contributed by atoms with Crippen LogP contribution in [0.2, 0.25) is 0 Å². The molecule has 0 fully saturated rings. The lowest BCUT2D eigenvalue weighted by molar-refractivity contribution is -0.137. The highest BCUT2D eigenvalue weighted by atomic mass is 79.9. The Hall–Kier alpha value is -0.0500. The van der Waals surface area contributed by atoms with Crippen LogP contribution < -0.4 is 0 Å². The zero-order valence-electron chi connectivity index (χ0n) is 5.43. The molecule has 0 aromatic heterocycles. The molecule has 0 aromatic carbocycles. The number of alkyl halides is 1. The molecule has 0 spiro atoms. The van der Waals surface area contributed by atoms with E-state index < -0.39 is 5.97 Å². The monoisotopic (exact) mass is 194 g/mol. The van der Waals surface area contributed by atoms with Crippen molar-refractivity contribution in [2.24, 2.45) is 0 Å². The second kappa shape index (κ2) is 4.79. The van der Waals surface area contributed by atoms with Gasteiger partial charge in [0, 0.05) is 11.2 Å². The molecule has 0 heterocycles. The fraction of sp³-hybridized carbons (Fsp3) is 0.833. The molecular weight excluding hydrogens is 184 g/mol. The summed E-state index contributed by atoms with van der Waals surface area (Å²) in [7, 11) is 0. The highest BCUT2D eigenvalue weighted by Gasteiger charge is 2.03. The van der Waals surface area contributed by atoms with Crippen LogP contribution in [0.5, 0.6) is 0 Å². The van der Waals surface area contributed by atoms with Crippen molar-refractivity contribution in [1.82, 2.24) is 0 Å². The SMILES string of the molecule is CCC(Br)CCC(=O)O.